The minimum absolute atomic E-state index is 0.0111. The van der Waals surface area contributed by atoms with Crippen LogP contribution in [-0.2, 0) is 4.79 Å². The molecule has 0 fully saturated rings. The van der Waals surface area contributed by atoms with Gasteiger partial charge < -0.3 is 4.90 Å². The van der Waals surface area contributed by atoms with E-state index in [4.69, 9.17) is 11.6 Å². The van der Waals surface area contributed by atoms with E-state index in [1.165, 1.54) is 0 Å². The van der Waals surface area contributed by atoms with Crippen LogP contribution in [0.4, 0.5) is 0 Å². The van der Waals surface area contributed by atoms with Gasteiger partial charge in [-0.15, -0.1) is 11.6 Å². The van der Waals surface area contributed by atoms with Crippen molar-refractivity contribution in [3.05, 3.63) is 0 Å². The van der Waals surface area contributed by atoms with Crippen LogP contribution >= 0.6 is 11.6 Å². The number of alkyl halides is 1. The fourth-order valence-corrected chi connectivity index (χ4v) is 1.16. The number of amides is 1. The largest absolute Gasteiger partial charge is 0.344 e. The Morgan fingerprint density at radius 3 is 2.33 bits per heavy atom. The van der Waals surface area contributed by atoms with Gasteiger partial charge in [0.05, 0.1) is 0 Å². The number of hydrogen-bond acceptors (Lipinski definition) is 1. The molecule has 0 saturated heterocycles. The Hall–Kier alpha value is -0.240. The highest BCUT2D eigenvalue weighted by molar-refractivity contribution is 6.30. The molecule has 0 aliphatic heterocycles. The molecule has 0 bridgehead atoms. The lowest BCUT2D eigenvalue weighted by Gasteiger charge is -2.21. The molecule has 3 heteroatoms. The van der Waals surface area contributed by atoms with Crippen molar-refractivity contribution in [1.82, 2.24) is 4.90 Å². The molecule has 0 saturated carbocycles. The highest BCUT2D eigenvalue weighted by Crippen LogP contribution is 2.06. The zero-order chi connectivity index (χ0) is 9.72. The Morgan fingerprint density at radius 1 is 1.50 bits per heavy atom. The Bertz CT molecular complexity index is 147. The summed E-state index contributed by atoms with van der Waals surface area (Å²) in [5.74, 6) is 0.561. The maximum atomic E-state index is 11.3. The van der Waals surface area contributed by atoms with E-state index >= 15 is 0 Å². The molecule has 0 rings (SSSR count). The average Bonchev–Trinajstić information content (AvgIpc) is 2.02. The van der Waals surface area contributed by atoms with E-state index in [1.54, 1.807) is 18.9 Å². The van der Waals surface area contributed by atoms with Crippen molar-refractivity contribution in [2.75, 3.05) is 13.6 Å². The van der Waals surface area contributed by atoms with Crippen LogP contribution in [0, 0.1) is 5.92 Å². The molecule has 0 spiro atoms. The van der Waals surface area contributed by atoms with E-state index in [2.05, 4.69) is 13.8 Å². The first kappa shape index (κ1) is 11.8. The van der Waals surface area contributed by atoms with Crippen molar-refractivity contribution < 1.29 is 4.79 Å². The molecule has 2 nitrogen and oxygen atoms in total. The summed E-state index contributed by atoms with van der Waals surface area (Å²) in [5.41, 5.74) is 0. The van der Waals surface area contributed by atoms with Crippen molar-refractivity contribution in [3.63, 3.8) is 0 Å². The maximum absolute atomic E-state index is 11.3. The summed E-state index contributed by atoms with van der Waals surface area (Å²) in [6.45, 7) is 6.75. The minimum Gasteiger partial charge on any atom is -0.344 e. The summed E-state index contributed by atoms with van der Waals surface area (Å²) in [6, 6.07) is 0. The quantitative estimate of drug-likeness (QED) is 0.624. The van der Waals surface area contributed by atoms with E-state index in [0.29, 0.717) is 5.92 Å². The van der Waals surface area contributed by atoms with Crippen molar-refractivity contribution in [2.45, 2.75) is 32.6 Å². The van der Waals surface area contributed by atoms with Crippen LogP contribution < -0.4 is 0 Å². The Labute approximate surface area is 79.9 Å². The molecular formula is C9H18ClNO. The fraction of sp³-hybridized carbons (Fsp3) is 0.889. The molecule has 0 aliphatic carbocycles. The Balaban J connectivity index is 3.86. The third kappa shape index (κ3) is 3.96. The van der Waals surface area contributed by atoms with Crippen molar-refractivity contribution in [3.8, 4) is 0 Å². The van der Waals surface area contributed by atoms with Crippen LogP contribution in [0.2, 0.25) is 0 Å². The fourth-order valence-electron chi connectivity index (χ4n) is 0.990. The number of rotatable bonds is 4. The summed E-state index contributed by atoms with van der Waals surface area (Å²) in [6.07, 6.45) is 1.09. The normalized spacial score (nSPS) is 15.4. The smallest absolute Gasteiger partial charge is 0.240 e. The first-order valence-corrected chi connectivity index (χ1v) is 4.81. The molecular weight excluding hydrogens is 174 g/mol. The van der Waals surface area contributed by atoms with Gasteiger partial charge in [-0.1, -0.05) is 20.3 Å². The molecule has 12 heavy (non-hydrogen) atoms. The molecule has 0 heterocycles. The van der Waals surface area contributed by atoms with Gasteiger partial charge in [-0.3, -0.25) is 4.79 Å². The van der Waals surface area contributed by atoms with Crippen molar-refractivity contribution in [2.24, 2.45) is 5.92 Å². The molecule has 72 valence electrons. The van der Waals surface area contributed by atoms with Gasteiger partial charge >= 0.3 is 0 Å². The van der Waals surface area contributed by atoms with Gasteiger partial charge in [-0.2, -0.15) is 0 Å². The summed E-state index contributed by atoms with van der Waals surface area (Å²) in [5, 5.41) is -0.404. The van der Waals surface area contributed by atoms with Crippen LogP contribution in [0.25, 0.3) is 0 Å². The maximum Gasteiger partial charge on any atom is 0.240 e. The molecule has 0 aromatic rings. The molecule has 0 aliphatic rings. The summed E-state index contributed by atoms with van der Waals surface area (Å²) in [7, 11) is 1.80. The van der Waals surface area contributed by atoms with Crippen LogP contribution in [0.1, 0.15) is 27.2 Å². The molecule has 0 aromatic heterocycles. The van der Waals surface area contributed by atoms with E-state index in [1.807, 2.05) is 0 Å². The number of hydrogen-bond donors (Lipinski definition) is 0. The predicted octanol–water partition coefficient (Wildman–Crippen LogP) is 2.12. The summed E-state index contributed by atoms with van der Waals surface area (Å²) < 4.78 is 0. The van der Waals surface area contributed by atoms with E-state index < -0.39 is 5.38 Å². The molecule has 0 N–H and O–H groups in total. The highest BCUT2D eigenvalue weighted by atomic mass is 35.5. The second-order valence-corrected chi connectivity index (χ2v) is 4.00. The second-order valence-electron chi connectivity index (χ2n) is 3.35. The van der Waals surface area contributed by atoms with Crippen LogP contribution in [0.15, 0.2) is 0 Å². The zero-order valence-electron chi connectivity index (χ0n) is 8.30. The highest BCUT2D eigenvalue weighted by Gasteiger charge is 2.15. The third-order valence-electron chi connectivity index (χ3n) is 2.00. The lowest BCUT2D eigenvalue weighted by Crippen LogP contribution is -2.35. The van der Waals surface area contributed by atoms with E-state index in [9.17, 15) is 4.79 Å². The average molecular weight is 192 g/mol. The third-order valence-corrected chi connectivity index (χ3v) is 2.19. The van der Waals surface area contributed by atoms with Crippen LogP contribution in [0.5, 0.6) is 0 Å². The van der Waals surface area contributed by atoms with Crippen molar-refractivity contribution >= 4 is 17.5 Å². The molecule has 2 unspecified atom stereocenters. The van der Waals surface area contributed by atoms with Gasteiger partial charge in [0, 0.05) is 13.6 Å². The van der Waals surface area contributed by atoms with Gasteiger partial charge in [0.2, 0.25) is 5.91 Å². The minimum atomic E-state index is -0.404. The zero-order valence-corrected chi connectivity index (χ0v) is 9.06. The first-order chi connectivity index (χ1) is 5.49. The standard InChI is InChI=1S/C9H18ClNO/c1-5-7(2)6-11(4)9(12)8(3)10/h7-8H,5-6H2,1-4H3. The van der Waals surface area contributed by atoms with Gasteiger partial charge in [0.1, 0.15) is 5.38 Å². The Kier molecular flexibility index (Phi) is 5.31. The predicted molar refractivity (Wildman–Crippen MR) is 52.4 cm³/mol. The molecule has 0 aromatic carbocycles. The SMILES string of the molecule is CCC(C)CN(C)C(=O)C(C)Cl. The first-order valence-electron chi connectivity index (χ1n) is 4.38. The van der Waals surface area contributed by atoms with Gasteiger partial charge in [-0.25, -0.2) is 0 Å². The Morgan fingerprint density at radius 2 is 2.00 bits per heavy atom. The summed E-state index contributed by atoms with van der Waals surface area (Å²) >= 11 is 5.66. The van der Waals surface area contributed by atoms with E-state index in [0.717, 1.165) is 13.0 Å². The molecule has 2 atom stereocenters. The van der Waals surface area contributed by atoms with Crippen LogP contribution in [-0.4, -0.2) is 29.8 Å². The number of halogens is 1. The van der Waals surface area contributed by atoms with Gasteiger partial charge in [0.25, 0.3) is 0 Å². The molecule has 1 amide bonds. The van der Waals surface area contributed by atoms with Crippen LogP contribution in [0.3, 0.4) is 0 Å². The topological polar surface area (TPSA) is 20.3 Å². The van der Waals surface area contributed by atoms with Crippen molar-refractivity contribution in [1.29, 1.82) is 0 Å². The number of carbonyl (C=O) groups excluding carboxylic acids is 1. The lowest BCUT2D eigenvalue weighted by molar-refractivity contribution is -0.129. The van der Waals surface area contributed by atoms with E-state index in [-0.39, 0.29) is 5.91 Å². The van der Waals surface area contributed by atoms with Gasteiger partial charge in [-0.05, 0) is 12.8 Å². The second kappa shape index (κ2) is 5.41. The van der Waals surface area contributed by atoms with Gasteiger partial charge in [0.15, 0.2) is 0 Å². The monoisotopic (exact) mass is 191 g/mol. The summed E-state index contributed by atoms with van der Waals surface area (Å²) in [4.78, 5) is 13.0. The lowest BCUT2D eigenvalue weighted by atomic mass is 10.1. The molecule has 0 radical (unpaired) electrons. The number of carbonyl (C=O) groups is 1. The number of nitrogens with zero attached hydrogens (tertiary/aromatic N) is 1.